The fourth-order valence-corrected chi connectivity index (χ4v) is 4.80. The first-order valence-electron chi connectivity index (χ1n) is 9.81. The number of rotatable bonds is 7. The topological polar surface area (TPSA) is 89.8 Å². The summed E-state index contributed by atoms with van der Waals surface area (Å²) in [5, 5.41) is 10.6. The van der Waals surface area contributed by atoms with Crippen LogP contribution in [0.25, 0.3) is 16.2 Å². The molecule has 0 radical (unpaired) electrons. The molecule has 0 fully saturated rings. The van der Waals surface area contributed by atoms with Crippen LogP contribution >= 0.6 is 22.9 Å². The van der Waals surface area contributed by atoms with E-state index in [1.54, 1.807) is 13.1 Å². The van der Waals surface area contributed by atoms with Crippen LogP contribution < -0.4 is 10.5 Å². The second-order valence-corrected chi connectivity index (χ2v) is 8.88. The lowest BCUT2D eigenvalue weighted by Crippen LogP contribution is -2.13. The molecule has 0 aliphatic rings. The van der Waals surface area contributed by atoms with Crippen molar-refractivity contribution >= 4 is 34.5 Å². The fraction of sp³-hybridized carbons (Fsp3) is 0.217. The Morgan fingerprint density at radius 3 is 2.77 bits per heavy atom. The summed E-state index contributed by atoms with van der Waals surface area (Å²) < 4.78 is 8.13. The third-order valence-corrected chi connectivity index (χ3v) is 6.50. The normalized spacial score (nSPS) is 13.3. The Bertz CT molecular complexity index is 1250. The number of benzene rings is 1. The zero-order valence-electron chi connectivity index (χ0n) is 17.1. The maximum atomic E-state index is 11.7. The number of hydrogen-bond donors (Lipinski definition) is 2. The highest BCUT2D eigenvalue weighted by Gasteiger charge is 2.20. The van der Waals surface area contributed by atoms with Crippen LogP contribution in [-0.4, -0.2) is 20.4 Å². The molecule has 0 saturated heterocycles. The molecule has 4 aromatic rings. The van der Waals surface area contributed by atoms with Gasteiger partial charge in [0.2, 0.25) is 5.91 Å². The first kappa shape index (κ1) is 21.4. The Hall–Kier alpha value is -2.87. The van der Waals surface area contributed by atoms with Crippen molar-refractivity contribution in [1.29, 1.82) is 0 Å². The fourth-order valence-electron chi connectivity index (χ4n) is 3.40. The van der Waals surface area contributed by atoms with Crippen molar-refractivity contribution in [2.24, 2.45) is 5.73 Å². The Kier molecular flexibility index (Phi) is 6.00. The van der Waals surface area contributed by atoms with Gasteiger partial charge in [-0.15, -0.1) is 11.3 Å². The highest BCUT2D eigenvalue weighted by atomic mass is 35.5. The highest BCUT2D eigenvalue weighted by molar-refractivity contribution is 7.15. The molecule has 3 heterocycles. The lowest BCUT2D eigenvalue weighted by molar-refractivity contribution is -0.117. The van der Waals surface area contributed by atoms with E-state index in [0.717, 1.165) is 32.2 Å². The number of pyridine rings is 1. The molecule has 2 atom stereocenters. The molecule has 0 saturated carbocycles. The molecule has 0 spiro atoms. The van der Waals surface area contributed by atoms with Crippen LogP contribution in [0.1, 0.15) is 42.1 Å². The Morgan fingerprint density at radius 1 is 1.29 bits per heavy atom. The molecule has 0 bridgehead atoms. The van der Waals surface area contributed by atoms with Gasteiger partial charge >= 0.3 is 0 Å². The smallest absolute Gasteiger partial charge is 0.222 e. The summed E-state index contributed by atoms with van der Waals surface area (Å²) in [4.78, 5) is 17.7. The Balaban J connectivity index is 1.74. The number of nitrogens with zero attached hydrogens (tertiary/aromatic N) is 2. The number of hydrogen-bond acceptors (Lipinski definition) is 5. The van der Waals surface area contributed by atoms with Crippen molar-refractivity contribution in [3.63, 3.8) is 0 Å². The minimum atomic E-state index is -0.594. The van der Waals surface area contributed by atoms with Gasteiger partial charge in [-0.25, -0.2) is 4.98 Å². The number of primary amides is 1. The molecular formula is C23H22ClN3O3S. The summed E-state index contributed by atoms with van der Waals surface area (Å²) in [6, 6.07) is 13.1. The van der Waals surface area contributed by atoms with E-state index in [0.29, 0.717) is 10.8 Å². The van der Waals surface area contributed by atoms with Gasteiger partial charge in [-0.3, -0.25) is 9.20 Å². The van der Waals surface area contributed by atoms with Crippen molar-refractivity contribution in [3.05, 3.63) is 75.9 Å². The monoisotopic (exact) mass is 455 g/mol. The maximum absolute atomic E-state index is 11.7. The van der Waals surface area contributed by atoms with E-state index in [1.807, 2.05) is 60.0 Å². The van der Waals surface area contributed by atoms with Gasteiger partial charge in [-0.05, 0) is 31.5 Å². The first-order valence-corrected chi connectivity index (χ1v) is 11.0. The van der Waals surface area contributed by atoms with E-state index in [2.05, 4.69) is 4.98 Å². The molecule has 8 heteroatoms. The summed E-state index contributed by atoms with van der Waals surface area (Å²) in [5.41, 5.74) is 8.72. The number of aromatic nitrogens is 2. The summed E-state index contributed by atoms with van der Waals surface area (Å²) in [5.74, 6) is 0.158. The van der Waals surface area contributed by atoms with Crippen molar-refractivity contribution < 1.29 is 14.6 Å². The van der Waals surface area contributed by atoms with Crippen LogP contribution in [0.4, 0.5) is 0 Å². The molecule has 1 amide bonds. The average Bonchev–Trinajstić information content (AvgIpc) is 3.31. The maximum Gasteiger partial charge on any atom is 0.222 e. The number of carbonyl (C=O) groups is 1. The highest BCUT2D eigenvalue weighted by Crippen LogP contribution is 2.39. The van der Waals surface area contributed by atoms with Crippen molar-refractivity contribution in [2.45, 2.75) is 32.5 Å². The van der Waals surface area contributed by atoms with Crippen LogP contribution in [0.5, 0.6) is 5.75 Å². The van der Waals surface area contributed by atoms with E-state index in [4.69, 9.17) is 22.1 Å². The van der Waals surface area contributed by atoms with Gasteiger partial charge in [0.05, 0.1) is 34.2 Å². The predicted octanol–water partition coefficient (Wildman–Crippen LogP) is 4.94. The second-order valence-electron chi connectivity index (χ2n) is 7.33. The Morgan fingerprint density at radius 2 is 2.06 bits per heavy atom. The molecule has 160 valence electrons. The molecule has 1 aromatic carbocycles. The number of fused-ring (bicyclic) bond motifs is 1. The predicted molar refractivity (Wildman–Crippen MR) is 123 cm³/mol. The third-order valence-electron chi connectivity index (χ3n) is 5.02. The second kappa shape index (κ2) is 8.70. The number of aliphatic hydroxyl groups is 1. The van der Waals surface area contributed by atoms with Gasteiger partial charge in [-0.1, -0.05) is 35.9 Å². The van der Waals surface area contributed by atoms with Gasteiger partial charge in [0.1, 0.15) is 17.5 Å². The SMILES string of the molecule is CC(O)c1ccc2ncc(-c3cc(O[C@H](C)c4ccccc4Cl)c(CC(N)=O)s3)n2c1. The third kappa shape index (κ3) is 4.44. The Labute approximate surface area is 188 Å². The molecule has 31 heavy (non-hydrogen) atoms. The standard InChI is InChI=1S/C23H22ClN3O3S/c1-13(28)15-7-8-23-26-11-18(27(23)12-15)20-9-19(21(31-20)10-22(25)29)30-14(2)16-5-3-4-6-17(16)24/h3-9,11-14,28H,10H2,1-2H3,(H2,25,29)/t13?,14-/m1/s1. The van der Waals surface area contributed by atoms with E-state index >= 15 is 0 Å². The van der Waals surface area contributed by atoms with Crippen molar-refractivity contribution in [3.8, 4) is 16.3 Å². The number of halogens is 1. The summed E-state index contributed by atoms with van der Waals surface area (Å²) >= 11 is 7.75. The average molecular weight is 456 g/mol. The largest absolute Gasteiger partial charge is 0.485 e. The number of nitrogens with two attached hydrogens (primary N) is 1. The minimum Gasteiger partial charge on any atom is -0.485 e. The quantitative estimate of drug-likeness (QED) is 0.413. The molecule has 0 aliphatic heterocycles. The molecular weight excluding hydrogens is 434 g/mol. The summed E-state index contributed by atoms with van der Waals surface area (Å²) in [6.07, 6.45) is 2.80. The van der Waals surface area contributed by atoms with Gasteiger partial charge in [0.25, 0.3) is 0 Å². The van der Waals surface area contributed by atoms with E-state index < -0.39 is 12.0 Å². The molecule has 6 nitrogen and oxygen atoms in total. The van der Waals surface area contributed by atoms with E-state index in [1.165, 1.54) is 11.3 Å². The van der Waals surface area contributed by atoms with Gasteiger partial charge in [0.15, 0.2) is 0 Å². The molecule has 3 N–H and O–H groups in total. The van der Waals surface area contributed by atoms with Crippen molar-refractivity contribution in [2.75, 3.05) is 0 Å². The van der Waals surface area contributed by atoms with Crippen LogP contribution in [0, 0.1) is 0 Å². The number of carbonyl (C=O) groups excluding carboxylic acids is 1. The minimum absolute atomic E-state index is 0.0743. The van der Waals surface area contributed by atoms with Gasteiger partial charge in [-0.2, -0.15) is 0 Å². The lowest BCUT2D eigenvalue weighted by Gasteiger charge is -2.16. The number of imidazole rings is 1. The van der Waals surface area contributed by atoms with Gasteiger partial charge < -0.3 is 15.6 Å². The number of ether oxygens (including phenoxy) is 1. The van der Waals surface area contributed by atoms with Crippen LogP contribution in [0.15, 0.2) is 54.9 Å². The molecule has 0 aliphatic carbocycles. The summed E-state index contributed by atoms with van der Waals surface area (Å²) in [7, 11) is 0. The lowest BCUT2D eigenvalue weighted by atomic mass is 10.1. The first-order chi connectivity index (χ1) is 14.8. The van der Waals surface area contributed by atoms with Crippen LogP contribution in [-0.2, 0) is 11.2 Å². The van der Waals surface area contributed by atoms with Crippen LogP contribution in [0.2, 0.25) is 5.02 Å². The zero-order valence-corrected chi connectivity index (χ0v) is 18.7. The van der Waals surface area contributed by atoms with Crippen molar-refractivity contribution in [1.82, 2.24) is 9.38 Å². The van der Waals surface area contributed by atoms with Crippen LogP contribution in [0.3, 0.4) is 0 Å². The van der Waals surface area contributed by atoms with E-state index in [-0.39, 0.29) is 12.5 Å². The van der Waals surface area contributed by atoms with E-state index in [9.17, 15) is 9.90 Å². The molecule has 1 unspecified atom stereocenters. The zero-order chi connectivity index (χ0) is 22.1. The number of amides is 1. The molecule has 3 aromatic heterocycles. The number of thiophene rings is 1. The summed E-state index contributed by atoms with van der Waals surface area (Å²) in [6.45, 7) is 3.63. The molecule has 4 rings (SSSR count). The van der Waals surface area contributed by atoms with Gasteiger partial charge in [0, 0.05) is 22.8 Å². The number of aliphatic hydroxyl groups excluding tert-OH is 1.